The molecule has 0 aliphatic carbocycles. The number of aliphatic hydroxyl groups is 1. The van der Waals surface area contributed by atoms with Crippen LogP contribution in [0, 0.1) is 5.92 Å². The average Bonchev–Trinajstić information content (AvgIpc) is 2.50. The van der Waals surface area contributed by atoms with Crippen molar-refractivity contribution in [2.75, 3.05) is 6.61 Å². The highest BCUT2D eigenvalue weighted by atomic mass is 16.2. The predicted octanol–water partition coefficient (Wildman–Crippen LogP) is 7.27. The van der Waals surface area contributed by atoms with Gasteiger partial charge in [-0.1, -0.05) is 117 Å². The molecule has 1 nitrogen and oxygen atoms in total. The molecule has 0 aliphatic rings. The van der Waals surface area contributed by atoms with Crippen molar-refractivity contribution in [2.24, 2.45) is 5.92 Å². The third-order valence-corrected chi connectivity index (χ3v) is 4.69. The molecule has 0 rings (SSSR count). The van der Waals surface area contributed by atoms with Gasteiger partial charge in [-0.15, -0.1) is 0 Å². The molecule has 0 atom stereocenters. The molecule has 0 aromatic heterocycles. The first-order valence-corrected chi connectivity index (χ1v) is 10.4. The van der Waals surface area contributed by atoms with E-state index in [0.717, 1.165) is 12.3 Å². The summed E-state index contributed by atoms with van der Waals surface area (Å²) in [6, 6.07) is 0. The number of hydrogen-bond donors (Lipinski definition) is 1. The fourth-order valence-corrected chi connectivity index (χ4v) is 3.14. The van der Waals surface area contributed by atoms with E-state index in [1.807, 2.05) is 0 Å². The van der Waals surface area contributed by atoms with Gasteiger partial charge in [0.2, 0.25) is 0 Å². The fourth-order valence-electron chi connectivity index (χ4n) is 3.14. The minimum atomic E-state index is 0.373. The monoisotopic (exact) mass is 312 g/mol. The number of aliphatic hydroxyl groups excluding tert-OH is 1. The number of rotatable bonds is 18. The van der Waals surface area contributed by atoms with Crippen LogP contribution in [0.1, 0.15) is 123 Å². The first-order chi connectivity index (χ1) is 10.8. The van der Waals surface area contributed by atoms with Gasteiger partial charge in [-0.2, -0.15) is 0 Å². The van der Waals surface area contributed by atoms with Crippen molar-refractivity contribution in [3.05, 3.63) is 0 Å². The molecule has 0 radical (unpaired) electrons. The van der Waals surface area contributed by atoms with Crippen LogP contribution in [0.25, 0.3) is 0 Å². The van der Waals surface area contributed by atoms with Crippen molar-refractivity contribution in [1.82, 2.24) is 0 Å². The van der Waals surface area contributed by atoms with Gasteiger partial charge in [0, 0.05) is 6.61 Å². The molecule has 22 heavy (non-hydrogen) atoms. The van der Waals surface area contributed by atoms with Crippen molar-refractivity contribution < 1.29 is 5.11 Å². The van der Waals surface area contributed by atoms with Gasteiger partial charge in [0.05, 0.1) is 0 Å². The second kappa shape index (κ2) is 19.0. The molecule has 1 heteroatoms. The molecule has 0 aromatic carbocycles. The normalized spacial score (nSPS) is 11.5. The Labute approximate surface area is 141 Å². The van der Waals surface area contributed by atoms with Crippen molar-refractivity contribution in [1.29, 1.82) is 0 Å². The van der Waals surface area contributed by atoms with Crippen LogP contribution in [0.15, 0.2) is 0 Å². The van der Waals surface area contributed by atoms with Gasteiger partial charge < -0.3 is 5.11 Å². The highest BCUT2D eigenvalue weighted by Gasteiger charge is 1.96. The zero-order valence-electron chi connectivity index (χ0n) is 15.8. The van der Waals surface area contributed by atoms with E-state index in [1.165, 1.54) is 103 Å². The Bertz CT molecular complexity index is 188. The molecule has 0 fully saturated rings. The zero-order valence-corrected chi connectivity index (χ0v) is 15.8. The summed E-state index contributed by atoms with van der Waals surface area (Å²) in [5, 5.41) is 8.70. The summed E-state index contributed by atoms with van der Waals surface area (Å²) in [6.07, 6.45) is 23.7. The Balaban J connectivity index is 2.94. The molecular weight excluding hydrogens is 268 g/mol. The van der Waals surface area contributed by atoms with Crippen LogP contribution in [-0.2, 0) is 0 Å². The first kappa shape index (κ1) is 22.0. The Morgan fingerprint density at radius 3 is 1.00 bits per heavy atom. The van der Waals surface area contributed by atoms with Crippen LogP contribution in [-0.4, -0.2) is 11.7 Å². The molecule has 1 N–H and O–H groups in total. The quantitative estimate of drug-likeness (QED) is 0.264. The molecule has 0 bridgehead atoms. The topological polar surface area (TPSA) is 20.2 Å². The summed E-state index contributed by atoms with van der Waals surface area (Å²) < 4.78 is 0. The van der Waals surface area contributed by atoms with Crippen LogP contribution >= 0.6 is 0 Å². The zero-order chi connectivity index (χ0) is 16.3. The SMILES string of the molecule is CC(C)CCCCCCCCCCCCCCCCCCO. The molecule has 0 heterocycles. The third kappa shape index (κ3) is 20.0. The Kier molecular flexibility index (Phi) is 19.0. The summed E-state index contributed by atoms with van der Waals surface area (Å²) >= 11 is 0. The average molecular weight is 313 g/mol. The minimum Gasteiger partial charge on any atom is -0.396 e. The van der Waals surface area contributed by atoms with Crippen molar-refractivity contribution in [2.45, 2.75) is 123 Å². The van der Waals surface area contributed by atoms with Crippen molar-refractivity contribution in [3.63, 3.8) is 0 Å². The van der Waals surface area contributed by atoms with E-state index in [1.54, 1.807) is 0 Å². The standard InChI is InChI=1S/C21H44O/c1-21(2)19-17-15-13-11-9-7-5-3-4-6-8-10-12-14-16-18-20-22/h21-22H,3-20H2,1-2H3. The lowest BCUT2D eigenvalue weighted by Crippen LogP contribution is -1.87. The van der Waals surface area contributed by atoms with E-state index in [-0.39, 0.29) is 0 Å². The Morgan fingerprint density at radius 1 is 0.455 bits per heavy atom. The van der Waals surface area contributed by atoms with Gasteiger partial charge in [-0.25, -0.2) is 0 Å². The summed E-state index contributed by atoms with van der Waals surface area (Å²) in [7, 11) is 0. The summed E-state index contributed by atoms with van der Waals surface area (Å²) in [4.78, 5) is 0. The lowest BCUT2D eigenvalue weighted by molar-refractivity contribution is 0.282. The predicted molar refractivity (Wildman–Crippen MR) is 100 cm³/mol. The van der Waals surface area contributed by atoms with Gasteiger partial charge in [0.15, 0.2) is 0 Å². The highest BCUT2D eigenvalue weighted by molar-refractivity contribution is 4.51. The van der Waals surface area contributed by atoms with Crippen LogP contribution in [0.3, 0.4) is 0 Å². The second-order valence-corrected chi connectivity index (χ2v) is 7.56. The van der Waals surface area contributed by atoms with Crippen LogP contribution in [0.5, 0.6) is 0 Å². The van der Waals surface area contributed by atoms with Gasteiger partial charge in [0.1, 0.15) is 0 Å². The number of unbranched alkanes of at least 4 members (excludes halogenated alkanes) is 15. The van der Waals surface area contributed by atoms with Gasteiger partial charge >= 0.3 is 0 Å². The van der Waals surface area contributed by atoms with Crippen LogP contribution < -0.4 is 0 Å². The van der Waals surface area contributed by atoms with E-state index < -0.39 is 0 Å². The Morgan fingerprint density at radius 2 is 0.727 bits per heavy atom. The smallest absolute Gasteiger partial charge is 0.0431 e. The molecular formula is C21H44O. The lowest BCUT2D eigenvalue weighted by Gasteiger charge is -2.05. The maximum atomic E-state index is 8.70. The molecule has 0 aromatic rings. The highest BCUT2D eigenvalue weighted by Crippen LogP contribution is 2.14. The molecule has 0 amide bonds. The van der Waals surface area contributed by atoms with Gasteiger partial charge in [-0.05, 0) is 12.3 Å². The third-order valence-electron chi connectivity index (χ3n) is 4.69. The van der Waals surface area contributed by atoms with E-state index in [2.05, 4.69) is 13.8 Å². The van der Waals surface area contributed by atoms with Crippen LogP contribution in [0.4, 0.5) is 0 Å². The largest absolute Gasteiger partial charge is 0.396 e. The summed E-state index contributed by atoms with van der Waals surface area (Å²) in [6.45, 7) is 5.03. The molecule has 0 aliphatic heterocycles. The molecule has 0 spiro atoms. The fraction of sp³-hybridized carbons (Fsp3) is 1.00. The minimum absolute atomic E-state index is 0.373. The first-order valence-electron chi connectivity index (χ1n) is 10.4. The maximum Gasteiger partial charge on any atom is 0.0431 e. The summed E-state index contributed by atoms with van der Waals surface area (Å²) in [5.74, 6) is 0.889. The molecule has 0 saturated heterocycles. The molecule has 134 valence electrons. The van der Waals surface area contributed by atoms with E-state index in [0.29, 0.717) is 6.61 Å². The number of hydrogen-bond acceptors (Lipinski definition) is 1. The van der Waals surface area contributed by atoms with Gasteiger partial charge in [-0.3, -0.25) is 0 Å². The second-order valence-electron chi connectivity index (χ2n) is 7.56. The summed E-state index contributed by atoms with van der Waals surface area (Å²) in [5.41, 5.74) is 0. The van der Waals surface area contributed by atoms with E-state index in [4.69, 9.17) is 5.11 Å². The van der Waals surface area contributed by atoms with Crippen molar-refractivity contribution >= 4 is 0 Å². The molecule has 0 unspecified atom stereocenters. The van der Waals surface area contributed by atoms with Gasteiger partial charge in [0.25, 0.3) is 0 Å². The van der Waals surface area contributed by atoms with Crippen LogP contribution in [0.2, 0.25) is 0 Å². The van der Waals surface area contributed by atoms with E-state index in [9.17, 15) is 0 Å². The molecule has 0 saturated carbocycles. The van der Waals surface area contributed by atoms with E-state index >= 15 is 0 Å². The lowest BCUT2D eigenvalue weighted by atomic mass is 10.0. The van der Waals surface area contributed by atoms with Crippen molar-refractivity contribution in [3.8, 4) is 0 Å². The Hall–Kier alpha value is -0.0400. The maximum absolute atomic E-state index is 8.70.